The summed E-state index contributed by atoms with van der Waals surface area (Å²) in [5.74, 6) is 0. The Balaban J connectivity index is 0.000000317. The molecule has 6 rings (SSSR count). The first kappa shape index (κ1) is 61.7. The third kappa shape index (κ3) is 25.4. The molecule has 0 aromatic heterocycles. The topological polar surface area (TPSA) is 185 Å². The Kier molecular flexibility index (Phi) is 26.2. The zero-order valence-corrected chi connectivity index (χ0v) is 44.5. The van der Waals surface area contributed by atoms with Gasteiger partial charge in [0.1, 0.15) is 11.2 Å². The molecule has 0 aliphatic heterocycles. The highest BCUT2D eigenvalue weighted by molar-refractivity contribution is 8.13. The van der Waals surface area contributed by atoms with Gasteiger partial charge in [0.2, 0.25) is 0 Å². The maximum absolute atomic E-state index is 12.6. The van der Waals surface area contributed by atoms with Crippen LogP contribution in [-0.4, -0.2) is 96.7 Å². The number of amides is 2. The van der Waals surface area contributed by atoms with Crippen LogP contribution in [0.15, 0.2) is 114 Å². The fraction of sp³-hybridized carbons (Fsp3) is 0.536. The van der Waals surface area contributed by atoms with Crippen molar-refractivity contribution in [2.75, 3.05) is 13.1 Å². The molecule has 400 valence electrons. The summed E-state index contributed by atoms with van der Waals surface area (Å²) in [7, 11) is 1.54. The number of alkyl carbamates (subject to hydrolysis) is 2. The first-order valence-corrected chi connectivity index (χ1v) is 27.1. The zero-order valence-electron chi connectivity index (χ0n) is 42.9. The maximum Gasteiger partial charge on any atom is 0.407 e. The SMILES string of the molecule is C.CC(C)(C)OC(=O)NC(Cc1ccccc1)C(O)CNOC1CCCC1.Cc1ccc(S(=O)(=O)Cl)cc1.Cc1cccc(CN(CC(O)C(Cc2ccccc2)NC(=O)OC(C)(C)C)OC2CCCC2)c1. The Morgan fingerprint density at radius 1 is 0.653 bits per heavy atom. The number of nitrogens with one attached hydrogen (secondary N) is 3. The summed E-state index contributed by atoms with van der Waals surface area (Å²) in [4.78, 5) is 36.8. The van der Waals surface area contributed by atoms with Gasteiger partial charge >= 0.3 is 12.2 Å². The summed E-state index contributed by atoms with van der Waals surface area (Å²) in [5.41, 5.74) is 7.06. The normalized spacial score (nSPS) is 15.9. The van der Waals surface area contributed by atoms with Crippen LogP contribution in [0.3, 0.4) is 0 Å². The molecule has 4 atom stereocenters. The van der Waals surface area contributed by atoms with E-state index in [1.807, 2.05) is 120 Å². The number of hydrogen-bond acceptors (Lipinski definition) is 12. The highest BCUT2D eigenvalue weighted by Crippen LogP contribution is 2.24. The Morgan fingerprint density at radius 3 is 1.57 bits per heavy atom. The van der Waals surface area contributed by atoms with E-state index in [0.717, 1.165) is 47.9 Å². The van der Waals surface area contributed by atoms with Gasteiger partial charge in [-0.05, 0) is 123 Å². The van der Waals surface area contributed by atoms with E-state index in [1.165, 1.54) is 43.4 Å². The number of ether oxygens (including phenoxy) is 2. The van der Waals surface area contributed by atoms with Crippen LogP contribution in [0.1, 0.15) is 128 Å². The van der Waals surface area contributed by atoms with Gasteiger partial charge in [0.05, 0.1) is 47.9 Å². The van der Waals surface area contributed by atoms with Gasteiger partial charge in [0.15, 0.2) is 0 Å². The summed E-state index contributed by atoms with van der Waals surface area (Å²) in [6, 6.07) is 33.3. The predicted octanol–water partition coefficient (Wildman–Crippen LogP) is 10.7. The first-order valence-electron chi connectivity index (χ1n) is 24.8. The number of benzene rings is 4. The van der Waals surface area contributed by atoms with E-state index in [-0.39, 0.29) is 37.6 Å². The van der Waals surface area contributed by atoms with Crippen molar-refractivity contribution in [2.24, 2.45) is 0 Å². The standard InChI is InChI=1S/C28H40N2O4.C20H32N2O4.C7H7ClO2S.CH4/c1-21-11-10-14-23(17-21)19-30(34-24-15-8-9-16-24)20-26(31)25(18-22-12-6-5-7-13-22)29-27(32)33-28(2,3)4;1-20(2,3)25-19(24)22-17(13-15-9-5-4-6-10-15)18(23)14-21-26-16-11-7-8-12-16;1-6-2-4-7(5-3-6)11(8,9)10;/h5-7,10-14,17,24-26,31H,8-9,15-16,18-20H2,1-4H3,(H,29,32);4-6,9-10,16-18,21,23H,7-8,11-14H2,1-3H3,(H,22,24);2-5H,1H3;1H4. The number of rotatable bonds is 19. The van der Waals surface area contributed by atoms with Crippen molar-refractivity contribution >= 4 is 31.9 Å². The molecule has 5 N–H and O–H groups in total. The van der Waals surface area contributed by atoms with Gasteiger partial charge in [-0.25, -0.2) is 18.0 Å². The summed E-state index contributed by atoms with van der Waals surface area (Å²) in [6.07, 6.45) is 7.54. The van der Waals surface area contributed by atoms with E-state index in [0.29, 0.717) is 19.4 Å². The summed E-state index contributed by atoms with van der Waals surface area (Å²) in [5, 5.41) is 29.4. The molecule has 0 radical (unpaired) electrons. The van der Waals surface area contributed by atoms with E-state index >= 15 is 0 Å². The molecule has 0 spiro atoms. The van der Waals surface area contributed by atoms with Gasteiger partial charge in [-0.15, -0.1) is 0 Å². The van der Waals surface area contributed by atoms with Crippen molar-refractivity contribution < 1.29 is 47.4 Å². The van der Waals surface area contributed by atoms with E-state index < -0.39 is 56.7 Å². The van der Waals surface area contributed by atoms with Crippen LogP contribution in [-0.2, 0) is 47.6 Å². The van der Waals surface area contributed by atoms with Gasteiger partial charge in [0.25, 0.3) is 9.05 Å². The van der Waals surface area contributed by atoms with E-state index in [2.05, 4.69) is 41.2 Å². The number of carbonyl (C=O) groups is 2. The van der Waals surface area contributed by atoms with Crippen molar-refractivity contribution in [1.82, 2.24) is 21.2 Å². The molecule has 72 heavy (non-hydrogen) atoms. The number of aliphatic hydroxyl groups excluding tert-OH is 2. The van der Waals surface area contributed by atoms with E-state index in [4.69, 9.17) is 29.8 Å². The zero-order chi connectivity index (χ0) is 52.0. The van der Waals surface area contributed by atoms with Crippen molar-refractivity contribution in [3.8, 4) is 0 Å². The van der Waals surface area contributed by atoms with Crippen LogP contribution in [0.25, 0.3) is 0 Å². The molecule has 0 bridgehead atoms. The van der Waals surface area contributed by atoms with Crippen molar-refractivity contribution in [1.29, 1.82) is 0 Å². The number of aryl methyl sites for hydroxylation is 2. The average molecular weight is 1040 g/mol. The third-order valence-electron chi connectivity index (χ3n) is 11.5. The highest BCUT2D eigenvalue weighted by Gasteiger charge is 2.30. The van der Waals surface area contributed by atoms with Crippen LogP contribution in [0.5, 0.6) is 0 Å². The second kappa shape index (κ2) is 30.6. The van der Waals surface area contributed by atoms with Crippen molar-refractivity contribution in [3.63, 3.8) is 0 Å². The number of hydrogen-bond donors (Lipinski definition) is 5. The Morgan fingerprint density at radius 2 is 1.11 bits per heavy atom. The monoisotopic (exact) mass is 1040 g/mol. The summed E-state index contributed by atoms with van der Waals surface area (Å²) in [6.45, 7) is 16.0. The number of aliphatic hydroxyl groups is 2. The number of hydroxylamine groups is 3. The lowest BCUT2D eigenvalue weighted by molar-refractivity contribution is -0.214. The Bertz CT molecular complexity index is 2270. The minimum Gasteiger partial charge on any atom is -0.444 e. The van der Waals surface area contributed by atoms with Gasteiger partial charge in [-0.2, -0.15) is 10.5 Å². The van der Waals surface area contributed by atoms with Crippen LogP contribution in [0, 0.1) is 13.8 Å². The number of halogens is 1. The highest BCUT2D eigenvalue weighted by atomic mass is 35.7. The van der Waals surface area contributed by atoms with Crippen LogP contribution >= 0.6 is 10.7 Å². The van der Waals surface area contributed by atoms with Gasteiger partial charge < -0.3 is 30.3 Å². The van der Waals surface area contributed by atoms with Gasteiger partial charge in [-0.3, -0.25) is 9.68 Å². The molecule has 4 unspecified atom stereocenters. The molecule has 2 amide bonds. The third-order valence-corrected chi connectivity index (χ3v) is 12.9. The quantitative estimate of drug-likeness (QED) is 0.0443. The Hall–Kier alpha value is -4.58. The fourth-order valence-corrected chi connectivity index (χ4v) is 8.79. The molecule has 0 heterocycles. The minimum atomic E-state index is -3.55. The average Bonchev–Trinajstić information content (AvgIpc) is 4.01. The van der Waals surface area contributed by atoms with Crippen LogP contribution < -0.4 is 16.1 Å². The molecule has 0 saturated heterocycles. The molecule has 2 aliphatic carbocycles. The van der Waals surface area contributed by atoms with Gasteiger partial charge in [0, 0.05) is 23.8 Å². The number of carbonyl (C=O) groups excluding carboxylic acids is 2. The molecule has 2 aliphatic rings. The summed E-state index contributed by atoms with van der Waals surface area (Å²) >= 11 is 0. The molecule has 2 fully saturated rings. The summed E-state index contributed by atoms with van der Waals surface area (Å²) < 4.78 is 32.2. The lowest BCUT2D eigenvalue weighted by Crippen LogP contribution is -2.50. The van der Waals surface area contributed by atoms with Crippen LogP contribution in [0.4, 0.5) is 9.59 Å². The molecule has 4 aromatic rings. The molecule has 4 aromatic carbocycles. The molecular weight excluding hydrogens is 956 g/mol. The fourth-order valence-electron chi connectivity index (χ4n) is 8.02. The van der Waals surface area contributed by atoms with Gasteiger partial charge in [-0.1, -0.05) is 141 Å². The Labute approximate surface area is 434 Å². The maximum atomic E-state index is 12.6. The molecule has 16 heteroatoms. The lowest BCUT2D eigenvalue weighted by Gasteiger charge is -2.32. The van der Waals surface area contributed by atoms with Crippen molar-refractivity contribution in [3.05, 3.63) is 137 Å². The first-order chi connectivity index (χ1) is 33.5. The second-order valence-corrected chi connectivity index (χ2v) is 23.0. The van der Waals surface area contributed by atoms with E-state index in [1.54, 1.807) is 12.1 Å². The smallest absolute Gasteiger partial charge is 0.407 e. The molecule has 14 nitrogen and oxygen atoms in total. The lowest BCUT2D eigenvalue weighted by atomic mass is 10.0. The predicted molar refractivity (Wildman–Crippen MR) is 286 cm³/mol. The molecule has 2 saturated carbocycles. The largest absolute Gasteiger partial charge is 0.444 e. The molecular formula is C56H83ClN4O10S. The van der Waals surface area contributed by atoms with Crippen LogP contribution in [0.2, 0.25) is 0 Å². The van der Waals surface area contributed by atoms with Crippen molar-refractivity contribution in [2.45, 2.75) is 186 Å². The number of nitrogens with zero attached hydrogens (tertiary/aromatic N) is 1. The minimum absolute atomic E-state index is 0. The second-order valence-electron chi connectivity index (χ2n) is 20.5. The van der Waals surface area contributed by atoms with E-state index in [9.17, 15) is 28.2 Å².